The standard InChI is InChI=1S/C40H28N2/c1-2-13-30(14-3-1)42-38-20-9-8-19-35(38)36-22-21-27-23-24-41(39(27)40(36)42)31-15-10-12-28(25-31)37-26-29-11-4-5-16-32(29)33-17-6-7-18-34(33)37/h1-22,25-26H,23-24H2. The highest BCUT2D eigenvalue weighted by atomic mass is 15.2. The lowest BCUT2D eigenvalue weighted by Gasteiger charge is -2.23. The van der Waals surface area contributed by atoms with Gasteiger partial charge in [-0.2, -0.15) is 0 Å². The van der Waals surface area contributed by atoms with Gasteiger partial charge in [0.05, 0.1) is 16.7 Å². The average molecular weight is 537 g/mol. The second kappa shape index (κ2) is 9.09. The molecule has 0 bridgehead atoms. The van der Waals surface area contributed by atoms with Gasteiger partial charge in [0.15, 0.2) is 0 Å². The third-order valence-corrected chi connectivity index (χ3v) is 9.02. The smallest absolute Gasteiger partial charge is 0.0781 e. The third-order valence-electron chi connectivity index (χ3n) is 9.02. The van der Waals surface area contributed by atoms with Gasteiger partial charge in [-0.25, -0.2) is 0 Å². The Bertz CT molecular complexity index is 2310. The van der Waals surface area contributed by atoms with Crippen LogP contribution in [0.15, 0.2) is 146 Å². The number of rotatable bonds is 3. The summed E-state index contributed by atoms with van der Waals surface area (Å²) in [5, 5.41) is 7.77. The van der Waals surface area contributed by atoms with E-state index in [-0.39, 0.29) is 0 Å². The first kappa shape index (κ1) is 23.4. The Labute approximate surface area is 244 Å². The Kier molecular flexibility index (Phi) is 5.06. The molecule has 2 heterocycles. The highest BCUT2D eigenvalue weighted by Crippen LogP contribution is 2.45. The largest absolute Gasteiger partial charge is 0.339 e. The van der Waals surface area contributed by atoms with Crippen LogP contribution in [0, 0.1) is 0 Å². The number of para-hydroxylation sites is 2. The van der Waals surface area contributed by atoms with Gasteiger partial charge in [-0.3, -0.25) is 0 Å². The zero-order chi connectivity index (χ0) is 27.6. The molecule has 0 fully saturated rings. The monoisotopic (exact) mass is 536 g/mol. The fraction of sp³-hybridized carbons (Fsp3) is 0.0500. The molecular weight excluding hydrogens is 508 g/mol. The summed E-state index contributed by atoms with van der Waals surface area (Å²) in [6.45, 7) is 0.965. The molecule has 0 radical (unpaired) electrons. The first-order chi connectivity index (χ1) is 20.8. The number of hydrogen-bond donors (Lipinski definition) is 0. The lowest BCUT2D eigenvalue weighted by molar-refractivity contribution is 0.998. The fourth-order valence-electron chi connectivity index (χ4n) is 7.17. The normalized spacial score (nSPS) is 13.0. The predicted molar refractivity (Wildman–Crippen MR) is 178 cm³/mol. The molecular formula is C40H28N2. The van der Waals surface area contributed by atoms with Gasteiger partial charge < -0.3 is 9.47 Å². The summed E-state index contributed by atoms with van der Waals surface area (Å²) < 4.78 is 2.46. The molecule has 42 heavy (non-hydrogen) atoms. The molecule has 0 aliphatic carbocycles. The van der Waals surface area contributed by atoms with Crippen molar-refractivity contribution >= 4 is 54.7 Å². The molecule has 9 rings (SSSR count). The molecule has 0 N–H and O–H groups in total. The maximum absolute atomic E-state index is 2.54. The predicted octanol–water partition coefficient (Wildman–Crippen LogP) is 10.5. The Hall–Kier alpha value is -5.34. The van der Waals surface area contributed by atoms with E-state index in [0.717, 1.165) is 13.0 Å². The third kappa shape index (κ3) is 3.39. The van der Waals surface area contributed by atoms with Crippen molar-refractivity contribution in [3.05, 3.63) is 151 Å². The van der Waals surface area contributed by atoms with Gasteiger partial charge in [-0.05, 0) is 81.1 Å². The van der Waals surface area contributed by atoms with Crippen molar-refractivity contribution in [3.63, 3.8) is 0 Å². The molecule has 0 spiro atoms. The van der Waals surface area contributed by atoms with Crippen LogP contribution in [-0.2, 0) is 6.42 Å². The summed E-state index contributed by atoms with van der Waals surface area (Å²) in [5.74, 6) is 0. The number of nitrogens with zero attached hydrogens (tertiary/aromatic N) is 2. The van der Waals surface area contributed by atoms with Crippen LogP contribution in [-0.4, -0.2) is 11.1 Å². The Morgan fingerprint density at radius 2 is 1.19 bits per heavy atom. The SMILES string of the molecule is c1ccc(-n2c3ccccc3c3ccc4c(c32)N(c2cccc(-c3cc5ccccc5c5ccccc35)c2)CC4)cc1. The van der Waals surface area contributed by atoms with Crippen LogP contribution >= 0.6 is 0 Å². The summed E-state index contributed by atoms with van der Waals surface area (Å²) in [6, 6.07) is 53.3. The molecule has 7 aromatic carbocycles. The molecule has 8 aromatic rings. The lowest BCUT2D eigenvalue weighted by Crippen LogP contribution is -2.14. The fourth-order valence-corrected chi connectivity index (χ4v) is 7.17. The van der Waals surface area contributed by atoms with Crippen LogP contribution in [0.4, 0.5) is 11.4 Å². The first-order valence-corrected chi connectivity index (χ1v) is 14.7. The van der Waals surface area contributed by atoms with E-state index in [1.807, 2.05) is 0 Å². The second-order valence-corrected chi connectivity index (χ2v) is 11.3. The topological polar surface area (TPSA) is 8.17 Å². The highest BCUT2D eigenvalue weighted by Gasteiger charge is 2.27. The summed E-state index contributed by atoms with van der Waals surface area (Å²) >= 11 is 0. The van der Waals surface area contributed by atoms with Gasteiger partial charge in [0.1, 0.15) is 0 Å². The van der Waals surface area contributed by atoms with Crippen LogP contribution in [0.25, 0.3) is 60.2 Å². The van der Waals surface area contributed by atoms with Crippen LogP contribution in [0.2, 0.25) is 0 Å². The maximum atomic E-state index is 2.54. The van der Waals surface area contributed by atoms with Crippen LogP contribution in [0.3, 0.4) is 0 Å². The number of aromatic nitrogens is 1. The quantitative estimate of drug-likeness (QED) is 0.204. The Morgan fingerprint density at radius 1 is 0.476 bits per heavy atom. The van der Waals surface area contributed by atoms with Gasteiger partial charge in [0.25, 0.3) is 0 Å². The van der Waals surface area contributed by atoms with Crippen LogP contribution in [0.5, 0.6) is 0 Å². The van der Waals surface area contributed by atoms with Gasteiger partial charge in [0.2, 0.25) is 0 Å². The van der Waals surface area contributed by atoms with E-state index >= 15 is 0 Å². The number of hydrogen-bond acceptors (Lipinski definition) is 1. The van der Waals surface area contributed by atoms with Crippen molar-refractivity contribution in [2.24, 2.45) is 0 Å². The minimum absolute atomic E-state index is 0.965. The van der Waals surface area contributed by atoms with E-state index in [9.17, 15) is 0 Å². The van der Waals surface area contributed by atoms with E-state index in [2.05, 4.69) is 155 Å². The molecule has 2 heteroatoms. The molecule has 1 aliphatic heterocycles. The molecule has 0 saturated carbocycles. The minimum atomic E-state index is 0.965. The Morgan fingerprint density at radius 3 is 2.07 bits per heavy atom. The van der Waals surface area contributed by atoms with Gasteiger partial charge in [-0.1, -0.05) is 109 Å². The summed E-state index contributed by atoms with van der Waals surface area (Å²) in [6.07, 6.45) is 1.03. The van der Waals surface area contributed by atoms with Crippen molar-refractivity contribution in [1.82, 2.24) is 4.57 Å². The summed E-state index contributed by atoms with van der Waals surface area (Å²) in [5.41, 5.74) is 10.2. The summed E-state index contributed by atoms with van der Waals surface area (Å²) in [7, 11) is 0. The van der Waals surface area contributed by atoms with Gasteiger partial charge in [-0.15, -0.1) is 0 Å². The maximum Gasteiger partial charge on any atom is 0.0781 e. The van der Waals surface area contributed by atoms with E-state index < -0.39 is 0 Å². The van der Waals surface area contributed by atoms with Gasteiger partial charge in [0, 0.05) is 28.7 Å². The number of anilines is 2. The van der Waals surface area contributed by atoms with E-state index in [0.29, 0.717) is 0 Å². The molecule has 1 aromatic heterocycles. The van der Waals surface area contributed by atoms with Crippen LogP contribution in [0.1, 0.15) is 5.56 Å². The zero-order valence-electron chi connectivity index (χ0n) is 23.2. The lowest BCUT2D eigenvalue weighted by atomic mass is 9.93. The van der Waals surface area contributed by atoms with E-state index in [4.69, 9.17) is 0 Å². The molecule has 1 aliphatic rings. The second-order valence-electron chi connectivity index (χ2n) is 11.3. The molecule has 0 saturated heterocycles. The molecule has 0 unspecified atom stereocenters. The molecule has 0 amide bonds. The van der Waals surface area contributed by atoms with E-state index in [1.165, 1.54) is 77.1 Å². The van der Waals surface area contributed by atoms with Crippen molar-refractivity contribution in [2.75, 3.05) is 11.4 Å². The molecule has 0 atom stereocenters. The van der Waals surface area contributed by atoms with E-state index in [1.54, 1.807) is 0 Å². The minimum Gasteiger partial charge on any atom is -0.339 e. The van der Waals surface area contributed by atoms with Gasteiger partial charge >= 0.3 is 0 Å². The summed E-state index contributed by atoms with van der Waals surface area (Å²) in [4.78, 5) is 2.54. The van der Waals surface area contributed by atoms with Crippen molar-refractivity contribution < 1.29 is 0 Å². The zero-order valence-corrected chi connectivity index (χ0v) is 23.2. The first-order valence-electron chi connectivity index (χ1n) is 14.7. The molecule has 2 nitrogen and oxygen atoms in total. The number of fused-ring (bicyclic) bond motifs is 8. The van der Waals surface area contributed by atoms with Crippen molar-refractivity contribution in [3.8, 4) is 16.8 Å². The Balaban J connectivity index is 1.28. The van der Waals surface area contributed by atoms with Crippen molar-refractivity contribution in [2.45, 2.75) is 6.42 Å². The number of benzene rings is 7. The average Bonchev–Trinajstić information content (AvgIpc) is 3.64. The van der Waals surface area contributed by atoms with Crippen LogP contribution < -0.4 is 4.90 Å². The molecule has 198 valence electrons. The highest BCUT2D eigenvalue weighted by molar-refractivity contribution is 6.15. The van der Waals surface area contributed by atoms with Crippen molar-refractivity contribution in [1.29, 1.82) is 0 Å².